The number of nitrogens with zero attached hydrogens (tertiary/aromatic N) is 2. The first kappa shape index (κ1) is 14.2. The van der Waals surface area contributed by atoms with Crippen LogP contribution in [0.4, 0.5) is 5.82 Å². The second-order valence-electron chi connectivity index (χ2n) is 4.82. The highest BCUT2D eigenvalue weighted by Crippen LogP contribution is 2.25. The van der Waals surface area contributed by atoms with Gasteiger partial charge in [-0.1, -0.05) is 13.0 Å². The molecule has 2 rings (SSSR count). The van der Waals surface area contributed by atoms with Gasteiger partial charge in [-0.05, 0) is 19.5 Å². The van der Waals surface area contributed by atoms with E-state index in [0.29, 0.717) is 13.2 Å². The van der Waals surface area contributed by atoms with E-state index >= 15 is 0 Å². The van der Waals surface area contributed by atoms with Crippen LogP contribution in [-0.2, 0) is 4.74 Å². The number of nitrogens with one attached hydrogen (secondary N) is 1. The SMILES string of the molecule is CCNC(C)c1cccnc1N1CCOC(CO)C1. The van der Waals surface area contributed by atoms with Crippen LogP contribution in [0.3, 0.4) is 0 Å². The molecule has 2 atom stereocenters. The number of hydrogen-bond acceptors (Lipinski definition) is 5. The summed E-state index contributed by atoms with van der Waals surface area (Å²) in [5.41, 5.74) is 1.20. The average Bonchev–Trinajstić information content (AvgIpc) is 2.47. The van der Waals surface area contributed by atoms with E-state index in [4.69, 9.17) is 4.74 Å². The zero-order valence-corrected chi connectivity index (χ0v) is 11.7. The zero-order valence-electron chi connectivity index (χ0n) is 11.7. The monoisotopic (exact) mass is 265 g/mol. The topological polar surface area (TPSA) is 57.6 Å². The third kappa shape index (κ3) is 3.43. The lowest BCUT2D eigenvalue weighted by Crippen LogP contribution is -2.45. The highest BCUT2D eigenvalue weighted by molar-refractivity contribution is 5.48. The Kier molecular flexibility index (Phi) is 5.13. The Bertz CT molecular complexity index is 400. The summed E-state index contributed by atoms with van der Waals surface area (Å²) in [6.45, 7) is 7.38. The molecule has 5 nitrogen and oxygen atoms in total. The number of aliphatic hydroxyl groups excluding tert-OH is 1. The number of pyridine rings is 1. The van der Waals surface area contributed by atoms with Crippen molar-refractivity contribution in [2.75, 3.05) is 37.7 Å². The van der Waals surface area contributed by atoms with Crippen LogP contribution >= 0.6 is 0 Å². The van der Waals surface area contributed by atoms with Crippen molar-refractivity contribution < 1.29 is 9.84 Å². The molecule has 1 fully saturated rings. The summed E-state index contributed by atoms with van der Waals surface area (Å²) in [6, 6.07) is 4.35. The number of aromatic nitrogens is 1. The van der Waals surface area contributed by atoms with Crippen molar-refractivity contribution >= 4 is 5.82 Å². The molecule has 2 N–H and O–H groups in total. The molecule has 2 unspecified atom stereocenters. The predicted molar refractivity (Wildman–Crippen MR) is 75.4 cm³/mol. The maximum atomic E-state index is 9.23. The largest absolute Gasteiger partial charge is 0.394 e. The number of rotatable bonds is 5. The van der Waals surface area contributed by atoms with Crippen molar-refractivity contribution in [2.24, 2.45) is 0 Å². The van der Waals surface area contributed by atoms with Gasteiger partial charge in [0.25, 0.3) is 0 Å². The first-order chi connectivity index (χ1) is 9.26. The second kappa shape index (κ2) is 6.84. The maximum absolute atomic E-state index is 9.23. The lowest BCUT2D eigenvalue weighted by Gasteiger charge is -2.34. The minimum absolute atomic E-state index is 0.0570. The number of morpholine rings is 1. The Balaban J connectivity index is 2.18. The molecule has 1 aliphatic heterocycles. The first-order valence-corrected chi connectivity index (χ1v) is 6.92. The zero-order chi connectivity index (χ0) is 13.7. The van der Waals surface area contributed by atoms with E-state index in [1.165, 1.54) is 5.56 Å². The summed E-state index contributed by atoms with van der Waals surface area (Å²) >= 11 is 0. The fourth-order valence-electron chi connectivity index (χ4n) is 2.45. The molecule has 0 spiro atoms. The third-order valence-electron chi connectivity index (χ3n) is 3.44. The van der Waals surface area contributed by atoms with Crippen LogP contribution in [0.2, 0.25) is 0 Å². The highest BCUT2D eigenvalue weighted by atomic mass is 16.5. The van der Waals surface area contributed by atoms with Gasteiger partial charge < -0.3 is 20.1 Å². The van der Waals surface area contributed by atoms with Crippen LogP contribution in [0.25, 0.3) is 0 Å². The lowest BCUT2D eigenvalue weighted by atomic mass is 10.1. The summed E-state index contributed by atoms with van der Waals surface area (Å²) in [6.07, 6.45) is 1.71. The molecular formula is C14H23N3O2. The summed E-state index contributed by atoms with van der Waals surface area (Å²) in [7, 11) is 0. The molecule has 1 saturated heterocycles. The Morgan fingerprint density at radius 3 is 3.21 bits per heavy atom. The van der Waals surface area contributed by atoms with Crippen LogP contribution in [-0.4, -0.2) is 49.0 Å². The smallest absolute Gasteiger partial charge is 0.133 e. The van der Waals surface area contributed by atoms with Crippen molar-refractivity contribution in [1.29, 1.82) is 0 Å². The number of hydrogen-bond donors (Lipinski definition) is 2. The van der Waals surface area contributed by atoms with Gasteiger partial charge in [0.1, 0.15) is 5.82 Å². The van der Waals surface area contributed by atoms with Gasteiger partial charge in [0.15, 0.2) is 0 Å². The van der Waals surface area contributed by atoms with E-state index in [1.807, 2.05) is 12.3 Å². The fourth-order valence-corrected chi connectivity index (χ4v) is 2.45. The third-order valence-corrected chi connectivity index (χ3v) is 3.44. The maximum Gasteiger partial charge on any atom is 0.133 e. The standard InChI is InChI=1S/C14H23N3O2/c1-3-15-11(2)13-5-4-6-16-14(13)17-7-8-19-12(9-17)10-18/h4-6,11-12,15,18H,3,7-10H2,1-2H3. The molecule has 0 amide bonds. The molecular weight excluding hydrogens is 242 g/mol. The molecule has 106 valence electrons. The molecule has 5 heteroatoms. The summed E-state index contributed by atoms with van der Waals surface area (Å²) in [5, 5.41) is 12.7. The molecule has 1 aromatic heterocycles. The van der Waals surface area contributed by atoms with E-state index in [0.717, 1.165) is 18.9 Å². The Labute approximate surface area is 114 Å². The quantitative estimate of drug-likeness (QED) is 0.830. The van der Waals surface area contributed by atoms with Crippen molar-refractivity contribution in [2.45, 2.75) is 26.0 Å². The van der Waals surface area contributed by atoms with Gasteiger partial charge in [-0.3, -0.25) is 0 Å². The summed E-state index contributed by atoms with van der Waals surface area (Å²) in [4.78, 5) is 6.73. The summed E-state index contributed by atoms with van der Waals surface area (Å²) in [5.74, 6) is 0.998. The van der Waals surface area contributed by atoms with Crippen molar-refractivity contribution in [1.82, 2.24) is 10.3 Å². The second-order valence-corrected chi connectivity index (χ2v) is 4.82. The van der Waals surface area contributed by atoms with Gasteiger partial charge in [-0.15, -0.1) is 0 Å². The first-order valence-electron chi connectivity index (χ1n) is 6.92. The Hall–Kier alpha value is -1.17. The molecule has 1 aliphatic rings. The van der Waals surface area contributed by atoms with Crippen LogP contribution in [0.5, 0.6) is 0 Å². The van der Waals surface area contributed by atoms with Gasteiger partial charge in [-0.2, -0.15) is 0 Å². The van der Waals surface area contributed by atoms with E-state index in [2.05, 4.69) is 35.1 Å². The lowest BCUT2D eigenvalue weighted by molar-refractivity contribution is 0.00330. The number of aliphatic hydroxyl groups is 1. The van der Waals surface area contributed by atoms with Crippen molar-refractivity contribution in [3.8, 4) is 0 Å². The van der Waals surface area contributed by atoms with E-state index in [-0.39, 0.29) is 18.8 Å². The van der Waals surface area contributed by atoms with Crippen molar-refractivity contribution in [3.05, 3.63) is 23.9 Å². The normalized spacial score (nSPS) is 21.4. The molecule has 0 radical (unpaired) electrons. The van der Waals surface area contributed by atoms with Crippen LogP contribution < -0.4 is 10.2 Å². The molecule has 0 saturated carbocycles. The molecule has 19 heavy (non-hydrogen) atoms. The molecule has 0 aliphatic carbocycles. The average molecular weight is 265 g/mol. The molecule has 2 heterocycles. The summed E-state index contributed by atoms with van der Waals surface area (Å²) < 4.78 is 5.49. The predicted octanol–water partition coefficient (Wildman–Crippen LogP) is 0.950. The van der Waals surface area contributed by atoms with E-state index in [9.17, 15) is 5.11 Å². The van der Waals surface area contributed by atoms with Crippen molar-refractivity contribution in [3.63, 3.8) is 0 Å². The van der Waals surface area contributed by atoms with Gasteiger partial charge in [0.05, 0.1) is 19.3 Å². The number of anilines is 1. The minimum Gasteiger partial charge on any atom is -0.394 e. The molecule has 1 aromatic rings. The van der Waals surface area contributed by atoms with Gasteiger partial charge >= 0.3 is 0 Å². The molecule has 0 bridgehead atoms. The van der Waals surface area contributed by atoms with E-state index < -0.39 is 0 Å². The van der Waals surface area contributed by atoms with Crippen LogP contribution in [0, 0.1) is 0 Å². The molecule has 0 aromatic carbocycles. The van der Waals surface area contributed by atoms with Gasteiger partial charge in [-0.25, -0.2) is 4.98 Å². The van der Waals surface area contributed by atoms with Crippen LogP contribution in [0.1, 0.15) is 25.5 Å². The van der Waals surface area contributed by atoms with Gasteiger partial charge in [0, 0.05) is 30.9 Å². The van der Waals surface area contributed by atoms with Gasteiger partial charge in [0.2, 0.25) is 0 Å². The Morgan fingerprint density at radius 2 is 2.47 bits per heavy atom. The Morgan fingerprint density at radius 1 is 1.63 bits per heavy atom. The highest BCUT2D eigenvalue weighted by Gasteiger charge is 2.23. The van der Waals surface area contributed by atoms with Crippen LogP contribution in [0.15, 0.2) is 18.3 Å². The number of ether oxygens (including phenoxy) is 1. The fraction of sp³-hybridized carbons (Fsp3) is 0.643. The minimum atomic E-state index is -0.113. The van der Waals surface area contributed by atoms with E-state index in [1.54, 1.807) is 0 Å².